The number of ether oxygens (including phenoxy) is 1. The summed E-state index contributed by atoms with van der Waals surface area (Å²) in [5, 5.41) is 0. The smallest absolute Gasteiger partial charge is 0.162 e. The van der Waals surface area contributed by atoms with Crippen LogP contribution in [0.1, 0.15) is 55.5 Å². The molecule has 0 bridgehead atoms. The molecule has 0 N–H and O–H groups in total. The minimum atomic E-state index is 0.238. The minimum Gasteiger partial charge on any atom is -0.381 e. The van der Waals surface area contributed by atoms with Crippen LogP contribution in [0.3, 0.4) is 0 Å². The van der Waals surface area contributed by atoms with Gasteiger partial charge in [0.15, 0.2) is 5.78 Å². The van der Waals surface area contributed by atoms with E-state index in [0.717, 1.165) is 38.0 Å². The van der Waals surface area contributed by atoms with Crippen LogP contribution in [0.4, 0.5) is 0 Å². The molecule has 0 saturated carbocycles. The van der Waals surface area contributed by atoms with Crippen molar-refractivity contribution in [3.8, 4) is 0 Å². The molecule has 0 aliphatic heterocycles. The van der Waals surface area contributed by atoms with Crippen LogP contribution in [0.2, 0.25) is 0 Å². The van der Waals surface area contributed by atoms with Crippen molar-refractivity contribution in [2.24, 2.45) is 5.92 Å². The molecule has 19 heavy (non-hydrogen) atoms. The topological polar surface area (TPSA) is 26.3 Å². The molecule has 2 heteroatoms. The fourth-order valence-electron chi connectivity index (χ4n) is 1.78. The third-order valence-corrected chi connectivity index (χ3v) is 3.42. The number of carbonyl (C=O) groups excluding carboxylic acids is 1. The molecule has 2 nitrogen and oxygen atoms in total. The maximum atomic E-state index is 11.9. The lowest BCUT2D eigenvalue weighted by Gasteiger charge is -2.09. The third kappa shape index (κ3) is 6.53. The molecule has 0 fully saturated rings. The summed E-state index contributed by atoms with van der Waals surface area (Å²) < 4.78 is 5.58. The molecule has 1 unspecified atom stereocenters. The molecule has 1 rings (SSSR count). The van der Waals surface area contributed by atoms with E-state index in [2.05, 4.69) is 13.8 Å². The van der Waals surface area contributed by atoms with Gasteiger partial charge in [-0.1, -0.05) is 50.1 Å². The Balaban J connectivity index is 2.12. The van der Waals surface area contributed by atoms with E-state index in [9.17, 15) is 4.79 Å². The van der Waals surface area contributed by atoms with Crippen LogP contribution in [0.5, 0.6) is 0 Å². The van der Waals surface area contributed by atoms with Gasteiger partial charge in [0.1, 0.15) is 0 Å². The monoisotopic (exact) mass is 262 g/mol. The Hall–Kier alpha value is -1.15. The fraction of sp³-hybridized carbons (Fsp3) is 0.588. The van der Waals surface area contributed by atoms with E-state index in [-0.39, 0.29) is 5.78 Å². The van der Waals surface area contributed by atoms with Gasteiger partial charge in [0.25, 0.3) is 0 Å². The van der Waals surface area contributed by atoms with Gasteiger partial charge in [0, 0.05) is 25.2 Å². The first-order valence-corrected chi connectivity index (χ1v) is 7.31. The number of hydrogen-bond donors (Lipinski definition) is 0. The van der Waals surface area contributed by atoms with Crippen LogP contribution in [0.15, 0.2) is 24.3 Å². The van der Waals surface area contributed by atoms with Crippen molar-refractivity contribution in [3.05, 3.63) is 35.4 Å². The number of benzene rings is 1. The molecule has 1 aromatic carbocycles. The molecule has 0 saturated heterocycles. The van der Waals surface area contributed by atoms with Crippen molar-refractivity contribution < 1.29 is 9.53 Å². The Bertz CT molecular complexity index is 367. The van der Waals surface area contributed by atoms with Crippen LogP contribution < -0.4 is 0 Å². The maximum Gasteiger partial charge on any atom is 0.162 e. The van der Waals surface area contributed by atoms with Crippen LogP contribution >= 0.6 is 0 Å². The normalized spacial score (nSPS) is 12.4. The van der Waals surface area contributed by atoms with Crippen LogP contribution in [0, 0.1) is 12.8 Å². The van der Waals surface area contributed by atoms with Crippen molar-refractivity contribution in [2.45, 2.75) is 46.5 Å². The number of aryl methyl sites for hydroxylation is 1. The van der Waals surface area contributed by atoms with Crippen molar-refractivity contribution in [2.75, 3.05) is 13.2 Å². The van der Waals surface area contributed by atoms with E-state index < -0.39 is 0 Å². The quantitative estimate of drug-likeness (QED) is 0.486. The Labute approximate surface area is 117 Å². The van der Waals surface area contributed by atoms with Gasteiger partial charge in [-0.05, 0) is 25.7 Å². The van der Waals surface area contributed by atoms with E-state index in [1.807, 2.05) is 31.2 Å². The minimum absolute atomic E-state index is 0.238. The first kappa shape index (κ1) is 15.9. The Morgan fingerprint density at radius 1 is 1.21 bits per heavy atom. The highest BCUT2D eigenvalue weighted by Gasteiger charge is 2.05. The van der Waals surface area contributed by atoms with Gasteiger partial charge in [-0.25, -0.2) is 0 Å². The second kappa shape index (κ2) is 8.87. The van der Waals surface area contributed by atoms with Gasteiger partial charge in [-0.2, -0.15) is 0 Å². The number of rotatable bonds is 9. The van der Waals surface area contributed by atoms with Crippen LogP contribution in [-0.2, 0) is 4.74 Å². The lowest BCUT2D eigenvalue weighted by atomic mass is 10.0. The average molecular weight is 262 g/mol. The van der Waals surface area contributed by atoms with E-state index in [0.29, 0.717) is 12.3 Å². The summed E-state index contributed by atoms with van der Waals surface area (Å²) in [4.78, 5) is 11.9. The second-order valence-corrected chi connectivity index (χ2v) is 5.33. The van der Waals surface area contributed by atoms with E-state index in [1.54, 1.807) is 0 Å². The zero-order valence-electron chi connectivity index (χ0n) is 12.4. The molecule has 0 aliphatic rings. The highest BCUT2D eigenvalue weighted by molar-refractivity contribution is 5.96. The molecule has 0 heterocycles. The number of hydrogen-bond acceptors (Lipinski definition) is 2. The second-order valence-electron chi connectivity index (χ2n) is 5.33. The largest absolute Gasteiger partial charge is 0.381 e. The van der Waals surface area contributed by atoms with Crippen molar-refractivity contribution >= 4 is 5.78 Å². The fourth-order valence-corrected chi connectivity index (χ4v) is 1.78. The Morgan fingerprint density at radius 2 is 1.89 bits per heavy atom. The summed E-state index contributed by atoms with van der Waals surface area (Å²) >= 11 is 0. The van der Waals surface area contributed by atoms with Gasteiger partial charge >= 0.3 is 0 Å². The SMILES string of the molecule is CCC(C)COCCCCC(=O)c1ccc(C)cc1. The first-order chi connectivity index (χ1) is 9.13. The van der Waals surface area contributed by atoms with Gasteiger partial charge in [-0.3, -0.25) is 4.79 Å². The first-order valence-electron chi connectivity index (χ1n) is 7.31. The Morgan fingerprint density at radius 3 is 2.53 bits per heavy atom. The number of carbonyl (C=O) groups is 1. The standard InChI is InChI=1S/C17H26O2/c1-4-14(2)13-19-12-6-5-7-17(18)16-10-8-15(3)9-11-16/h8-11,14H,4-7,12-13H2,1-3H3. The highest BCUT2D eigenvalue weighted by Crippen LogP contribution is 2.09. The summed E-state index contributed by atoms with van der Waals surface area (Å²) in [7, 11) is 0. The summed E-state index contributed by atoms with van der Waals surface area (Å²) in [6.45, 7) is 8.01. The summed E-state index contributed by atoms with van der Waals surface area (Å²) in [6.07, 6.45) is 3.66. The zero-order chi connectivity index (χ0) is 14.1. The molecular formula is C17H26O2. The molecule has 1 aromatic rings. The summed E-state index contributed by atoms with van der Waals surface area (Å²) in [5.41, 5.74) is 2.01. The van der Waals surface area contributed by atoms with E-state index >= 15 is 0 Å². The van der Waals surface area contributed by atoms with Crippen molar-refractivity contribution in [1.29, 1.82) is 0 Å². The molecule has 0 spiro atoms. The van der Waals surface area contributed by atoms with E-state index in [4.69, 9.17) is 4.74 Å². The molecule has 0 aliphatic carbocycles. The zero-order valence-corrected chi connectivity index (χ0v) is 12.4. The molecule has 0 radical (unpaired) electrons. The molecule has 0 aromatic heterocycles. The molecule has 0 amide bonds. The average Bonchev–Trinajstić information content (AvgIpc) is 2.42. The summed E-state index contributed by atoms with van der Waals surface area (Å²) in [6, 6.07) is 7.80. The van der Waals surface area contributed by atoms with E-state index in [1.165, 1.54) is 5.56 Å². The molecular weight excluding hydrogens is 236 g/mol. The number of unbranched alkanes of at least 4 members (excludes halogenated alkanes) is 1. The maximum absolute atomic E-state index is 11.9. The van der Waals surface area contributed by atoms with Gasteiger partial charge < -0.3 is 4.74 Å². The highest BCUT2D eigenvalue weighted by atomic mass is 16.5. The third-order valence-electron chi connectivity index (χ3n) is 3.42. The lowest BCUT2D eigenvalue weighted by Crippen LogP contribution is -2.06. The Kier molecular flexibility index (Phi) is 7.42. The van der Waals surface area contributed by atoms with Gasteiger partial charge in [0.2, 0.25) is 0 Å². The predicted molar refractivity (Wildman–Crippen MR) is 79.6 cm³/mol. The molecule has 1 atom stereocenters. The molecule has 106 valence electrons. The van der Waals surface area contributed by atoms with Gasteiger partial charge in [-0.15, -0.1) is 0 Å². The summed E-state index contributed by atoms with van der Waals surface area (Å²) in [5.74, 6) is 0.871. The van der Waals surface area contributed by atoms with Gasteiger partial charge in [0.05, 0.1) is 0 Å². The van der Waals surface area contributed by atoms with Crippen molar-refractivity contribution in [3.63, 3.8) is 0 Å². The lowest BCUT2D eigenvalue weighted by molar-refractivity contribution is 0.0929. The van der Waals surface area contributed by atoms with Crippen LogP contribution in [0.25, 0.3) is 0 Å². The predicted octanol–water partition coefficient (Wildman–Crippen LogP) is 4.41. The van der Waals surface area contributed by atoms with Crippen molar-refractivity contribution in [1.82, 2.24) is 0 Å². The van der Waals surface area contributed by atoms with Crippen LogP contribution in [-0.4, -0.2) is 19.0 Å². The number of Topliss-reactive ketones (excluding diaryl/α,β-unsaturated/α-hetero) is 1. The number of ketones is 1.